The average Bonchev–Trinajstić information content (AvgIpc) is 3.29. The van der Waals surface area contributed by atoms with E-state index in [0.29, 0.717) is 28.1 Å². The normalized spacial score (nSPS) is 10.6. The highest BCUT2D eigenvalue weighted by molar-refractivity contribution is 9.10. The lowest BCUT2D eigenvalue weighted by molar-refractivity contribution is 0.0897. The Morgan fingerprint density at radius 1 is 0.909 bits per heavy atom. The van der Waals surface area contributed by atoms with E-state index in [1.165, 1.54) is 13.2 Å². The number of aromatic nitrogens is 1. The number of carbonyl (C=O) groups is 2. The summed E-state index contributed by atoms with van der Waals surface area (Å²) in [4.78, 5) is 32.4. The molecule has 0 aliphatic heterocycles. The second kappa shape index (κ2) is 9.86. The summed E-state index contributed by atoms with van der Waals surface area (Å²) in [5, 5.41) is 12.3. The summed E-state index contributed by atoms with van der Waals surface area (Å²) in [6.07, 6.45) is 0. The first-order valence-corrected chi connectivity index (χ1v) is 12.1. The Hall–Kier alpha value is -3.01. The number of thiazole rings is 1. The highest BCUT2D eigenvalue weighted by atomic mass is 79.9. The summed E-state index contributed by atoms with van der Waals surface area (Å²) in [7, 11) is 1.51. The first-order chi connectivity index (χ1) is 15.9. The molecule has 0 unspecified atom stereocenters. The van der Waals surface area contributed by atoms with Crippen LogP contribution in [0.2, 0.25) is 0 Å². The van der Waals surface area contributed by atoms with E-state index in [2.05, 4.69) is 36.8 Å². The third-order valence-corrected chi connectivity index (χ3v) is 6.64. The third-order valence-electron chi connectivity index (χ3n) is 4.75. The number of amides is 2. The van der Waals surface area contributed by atoms with Crippen LogP contribution in [-0.4, -0.2) is 29.0 Å². The zero-order chi connectivity index (χ0) is 23.5. The highest BCUT2D eigenvalue weighted by Crippen LogP contribution is 2.36. The fourth-order valence-electron chi connectivity index (χ4n) is 3.05. The molecule has 2 amide bonds. The Balaban J connectivity index is 1.76. The van der Waals surface area contributed by atoms with Gasteiger partial charge in [-0.1, -0.05) is 31.9 Å². The van der Waals surface area contributed by atoms with Crippen LogP contribution in [0.15, 0.2) is 81.1 Å². The molecular weight excluding hydrogens is 572 g/mol. The van der Waals surface area contributed by atoms with Crippen LogP contribution in [0.5, 0.6) is 11.5 Å². The van der Waals surface area contributed by atoms with Gasteiger partial charge in [0.25, 0.3) is 11.8 Å². The predicted octanol–water partition coefficient (Wildman–Crippen LogP) is 6.54. The molecule has 0 spiro atoms. The zero-order valence-electron chi connectivity index (χ0n) is 17.2. The van der Waals surface area contributed by atoms with Crippen LogP contribution in [0.25, 0.3) is 11.3 Å². The van der Waals surface area contributed by atoms with E-state index in [0.717, 1.165) is 25.2 Å². The van der Waals surface area contributed by atoms with Gasteiger partial charge in [-0.2, -0.15) is 0 Å². The van der Waals surface area contributed by atoms with Crippen LogP contribution in [0.3, 0.4) is 0 Å². The predicted molar refractivity (Wildman–Crippen MR) is 135 cm³/mol. The lowest BCUT2D eigenvalue weighted by Gasteiger charge is -2.18. The maximum absolute atomic E-state index is 13.4. The second-order valence-electron chi connectivity index (χ2n) is 6.86. The smallest absolute Gasteiger partial charge is 0.267 e. The van der Waals surface area contributed by atoms with E-state index in [1.54, 1.807) is 66.0 Å². The summed E-state index contributed by atoms with van der Waals surface area (Å²) >= 11 is 7.85. The van der Waals surface area contributed by atoms with Gasteiger partial charge < -0.3 is 9.84 Å². The molecule has 0 aliphatic rings. The van der Waals surface area contributed by atoms with Crippen molar-refractivity contribution in [3.8, 4) is 22.8 Å². The molecule has 1 heterocycles. The second-order valence-corrected chi connectivity index (χ2v) is 9.53. The Bertz CT molecular complexity index is 1260. The van der Waals surface area contributed by atoms with Crippen molar-refractivity contribution < 1.29 is 19.4 Å². The summed E-state index contributed by atoms with van der Waals surface area (Å²) < 4.78 is 6.76. The summed E-state index contributed by atoms with van der Waals surface area (Å²) in [5.41, 5.74) is 1.58. The quantitative estimate of drug-likeness (QED) is 0.268. The highest BCUT2D eigenvalue weighted by Gasteiger charge is 2.29. The molecule has 33 heavy (non-hydrogen) atoms. The Kier molecular flexibility index (Phi) is 6.92. The fourth-order valence-corrected chi connectivity index (χ4v) is 4.40. The Morgan fingerprint density at radius 2 is 1.45 bits per heavy atom. The van der Waals surface area contributed by atoms with Gasteiger partial charge in [0, 0.05) is 37.1 Å². The molecule has 0 atom stereocenters. The zero-order valence-corrected chi connectivity index (χ0v) is 21.1. The number of halogens is 2. The van der Waals surface area contributed by atoms with Gasteiger partial charge in [0.15, 0.2) is 5.13 Å². The van der Waals surface area contributed by atoms with E-state index in [4.69, 9.17) is 4.74 Å². The first-order valence-electron chi connectivity index (χ1n) is 9.60. The van der Waals surface area contributed by atoms with Crippen molar-refractivity contribution in [2.75, 3.05) is 12.0 Å². The summed E-state index contributed by atoms with van der Waals surface area (Å²) in [5.74, 6) is -0.522. The van der Waals surface area contributed by atoms with Crippen molar-refractivity contribution in [1.29, 1.82) is 0 Å². The molecule has 166 valence electrons. The number of hydrogen-bond acceptors (Lipinski definition) is 6. The number of methoxy groups -OCH3 is 1. The molecule has 0 aliphatic carbocycles. The SMILES string of the molecule is COc1ccc(-c2csc(N(C(=O)c3ccc(Br)cc3)C(=O)c3ccc(Br)cc3)n2)c(O)c1. The maximum atomic E-state index is 13.4. The van der Waals surface area contributed by atoms with Crippen LogP contribution < -0.4 is 9.64 Å². The molecule has 1 N–H and O–H groups in total. The molecule has 9 heteroatoms. The number of anilines is 1. The number of imide groups is 1. The first kappa shape index (κ1) is 23.2. The number of phenols is 1. The molecule has 1 aromatic heterocycles. The van der Waals surface area contributed by atoms with Crippen LogP contribution in [0.4, 0.5) is 5.13 Å². The van der Waals surface area contributed by atoms with Crippen molar-refractivity contribution in [2.24, 2.45) is 0 Å². The standard InChI is InChI=1S/C24H16Br2N2O4S/c1-32-18-10-11-19(21(29)12-18)20-13-33-24(27-20)28(22(30)14-2-6-16(25)7-3-14)23(31)15-4-8-17(26)9-5-15/h2-13,29H,1H3. The number of rotatable bonds is 5. The monoisotopic (exact) mass is 586 g/mol. The summed E-state index contributed by atoms with van der Waals surface area (Å²) in [6, 6.07) is 18.3. The Labute approximate surface area is 210 Å². The van der Waals surface area contributed by atoms with Gasteiger partial charge >= 0.3 is 0 Å². The number of aromatic hydroxyl groups is 1. The molecule has 4 aromatic rings. The van der Waals surface area contributed by atoms with E-state index in [9.17, 15) is 14.7 Å². The van der Waals surface area contributed by atoms with Gasteiger partial charge in [-0.15, -0.1) is 11.3 Å². The van der Waals surface area contributed by atoms with Crippen molar-refractivity contribution in [1.82, 2.24) is 4.98 Å². The van der Waals surface area contributed by atoms with Gasteiger partial charge in [-0.25, -0.2) is 9.88 Å². The lowest BCUT2D eigenvalue weighted by atomic mass is 10.1. The molecule has 0 fully saturated rings. The van der Waals surface area contributed by atoms with Gasteiger partial charge in [-0.05, 0) is 60.7 Å². The number of benzene rings is 3. The molecule has 0 saturated heterocycles. The topological polar surface area (TPSA) is 79.7 Å². The number of phenolic OH excluding ortho intramolecular Hbond substituents is 1. The lowest BCUT2D eigenvalue weighted by Crippen LogP contribution is -2.37. The van der Waals surface area contributed by atoms with Crippen molar-refractivity contribution in [3.63, 3.8) is 0 Å². The molecule has 0 saturated carbocycles. The van der Waals surface area contributed by atoms with Gasteiger partial charge in [-0.3, -0.25) is 9.59 Å². The van der Waals surface area contributed by atoms with Crippen LogP contribution >= 0.6 is 43.2 Å². The minimum Gasteiger partial charge on any atom is -0.507 e. The van der Waals surface area contributed by atoms with Gasteiger partial charge in [0.2, 0.25) is 0 Å². The summed E-state index contributed by atoms with van der Waals surface area (Å²) in [6.45, 7) is 0. The molecule has 0 bridgehead atoms. The van der Waals surface area contributed by atoms with Crippen molar-refractivity contribution >= 4 is 60.1 Å². The minimum absolute atomic E-state index is 0.0174. The van der Waals surface area contributed by atoms with Crippen LogP contribution in [-0.2, 0) is 0 Å². The average molecular weight is 588 g/mol. The minimum atomic E-state index is -0.504. The van der Waals surface area contributed by atoms with Crippen LogP contribution in [0, 0.1) is 0 Å². The number of ether oxygens (including phenoxy) is 1. The van der Waals surface area contributed by atoms with Gasteiger partial charge in [0.1, 0.15) is 11.5 Å². The molecule has 0 radical (unpaired) electrons. The van der Waals surface area contributed by atoms with Crippen molar-refractivity contribution in [3.05, 3.63) is 92.2 Å². The maximum Gasteiger partial charge on any atom is 0.267 e. The van der Waals surface area contributed by atoms with Crippen LogP contribution in [0.1, 0.15) is 20.7 Å². The van der Waals surface area contributed by atoms with Crippen molar-refractivity contribution in [2.45, 2.75) is 0 Å². The van der Waals surface area contributed by atoms with Gasteiger partial charge in [0.05, 0.1) is 12.8 Å². The Morgan fingerprint density at radius 3 is 1.94 bits per heavy atom. The number of hydrogen-bond donors (Lipinski definition) is 1. The van der Waals surface area contributed by atoms with E-state index < -0.39 is 11.8 Å². The molecule has 6 nitrogen and oxygen atoms in total. The largest absolute Gasteiger partial charge is 0.507 e. The number of nitrogens with zero attached hydrogens (tertiary/aromatic N) is 2. The van der Waals surface area contributed by atoms with E-state index in [1.807, 2.05) is 0 Å². The van der Waals surface area contributed by atoms with E-state index >= 15 is 0 Å². The van der Waals surface area contributed by atoms with E-state index in [-0.39, 0.29) is 10.9 Å². The molecule has 3 aromatic carbocycles. The third kappa shape index (κ3) is 5.00. The fraction of sp³-hybridized carbons (Fsp3) is 0.0417. The molecular formula is C24H16Br2N2O4S. The number of carbonyl (C=O) groups excluding carboxylic acids is 2. The molecule has 4 rings (SSSR count).